The minimum atomic E-state index is -1.08. The van der Waals surface area contributed by atoms with E-state index >= 15 is 0 Å². The van der Waals surface area contributed by atoms with Gasteiger partial charge in [0.15, 0.2) is 5.69 Å². The lowest BCUT2D eigenvalue weighted by Crippen LogP contribution is -2.13. The molecular weight excluding hydrogens is 282 g/mol. The first-order valence-electron chi connectivity index (χ1n) is 6.17. The predicted molar refractivity (Wildman–Crippen MR) is 73.1 cm³/mol. The number of halogens is 1. The van der Waals surface area contributed by atoms with Gasteiger partial charge in [-0.05, 0) is 12.8 Å². The number of aromatic carboxylic acids is 1. The van der Waals surface area contributed by atoms with Crippen LogP contribution in [0, 0.1) is 6.92 Å². The van der Waals surface area contributed by atoms with Crippen LogP contribution < -0.4 is 0 Å². The third kappa shape index (κ3) is 2.40. The van der Waals surface area contributed by atoms with E-state index in [1.54, 1.807) is 16.4 Å². The molecule has 0 aliphatic rings. The van der Waals surface area contributed by atoms with Crippen LogP contribution in [-0.2, 0) is 13.6 Å². The number of nitrogens with zero attached hydrogens (tertiary/aromatic N) is 5. The van der Waals surface area contributed by atoms with Gasteiger partial charge in [-0.1, -0.05) is 30.7 Å². The van der Waals surface area contributed by atoms with E-state index < -0.39 is 5.97 Å². The highest BCUT2D eigenvalue weighted by Crippen LogP contribution is 2.23. The summed E-state index contributed by atoms with van der Waals surface area (Å²) in [6.45, 7) is 5.96. The Balaban J connectivity index is 2.46. The zero-order valence-corrected chi connectivity index (χ0v) is 12.5. The maximum atomic E-state index is 11.2. The van der Waals surface area contributed by atoms with Gasteiger partial charge in [0, 0.05) is 7.05 Å². The van der Waals surface area contributed by atoms with Gasteiger partial charge < -0.3 is 5.11 Å². The summed E-state index contributed by atoms with van der Waals surface area (Å²) >= 11 is 6.20. The van der Waals surface area contributed by atoms with E-state index in [-0.39, 0.29) is 11.6 Å². The van der Waals surface area contributed by atoms with E-state index in [0.717, 1.165) is 11.4 Å². The lowest BCUT2D eigenvalue weighted by atomic mass is 10.1. The molecule has 0 saturated carbocycles. The zero-order chi connectivity index (χ0) is 15.0. The quantitative estimate of drug-likeness (QED) is 0.930. The summed E-state index contributed by atoms with van der Waals surface area (Å²) in [6.07, 6.45) is 0. The Morgan fingerprint density at radius 1 is 1.45 bits per heavy atom. The molecule has 0 unspecified atom stereocenters. The van der Waals surface area contributed by atoms with Crippen LogP contribution in [0.25, 0.3) is 0 Å². The van der Waals surface area contributed by atoms with Gasteiger partial charge in [-0.3, -0.25) is 4.68 Å². The predicted octanol–water partition coefficient (Wildman–Crippen LogP) is 1.84. The number of hydrogen-bond donors (Lipinski definition) is 1. The summed E-state index contributed by atoms with van der Waals surface area (Å²) < 4.78 is 3.24. The van der Waals surface area contributed by atoms with E-state index in [0.29, 0.717) is 17.3 Å². The minimum Gasteiger partial charge on any atom is -0.476 e. The van der Waals surface area contributed by atoms with E-state index in [1.807, 2.05) is 20.8 Å². The Morgan fingerprint density at radius 3 is 2.55 bits per heavy atom. The zero-order valence-electron chi connectivity index (χ0n) is 11.8. The molecule has 2 aromatic rings. The van der Waals surface area contributed by atoms with Crippen LogP contribution in [0.5, 0.6) is 0 Å². The molecule has 0 amide bonds. The molecule has 0 fully saturated rings. The van der Waals surface area contributed by atoms with Gasteiger partial charge in [-0.25, -0.2) is 9.48 Å². The number of aromatic nitrogens is 5. The molecule has 0 saturated heterocycles. The highest BCUT2D eigenvalue weighted by Gasteiger charge is 2.23. The lowest BCUT2D eigenvalue weighted by molar-refractivity contribution is 0.0688. The Morgan fingerprint density at radius 2 is 2.10 bits per heavy atom. The van der Waals surface area contributed by atoms with Crippen molar-refractivity contribution < 1.29 is 9.90 Å². The first-order valence-corrected chi connectivity index (χ1v) is 6.55. The van der Waals surface area contributed by atoms with Crippen molar-refractivity contribution in [1.29, 1.82) is 0 Å². The molecule has 0 bridgehead atoms. The van der Waals surface area contributed by atoms with Gasteiger partial charge in [-0.15, -0.1) is 5.10 Å². The summed E-state index contributed by atoms with van der Waals surface area (Å²) in [7, 11) is 1.79. The van der Waals surface area contributed by atoms with Crippen molar-refractivity contribution in [3.8, 4) is 0 Å². The molecule has 0 aliphatic carbocycles. The van der Waals surface area contributed by atoms with Crippen molar-refractivity contribution in [3.05, 3.63) is 27.8 Å². The monoisotopic (exact) mass is 297 g/mol. The van der Waals surface area contributed by atoms with Gasteiger partial charge in [-0.2, -0.15) is 5.10 Å². The minimum absolute atomic E-state index is 0.0100. The van der Waals surface area contributed by atoms with Crippen molar-refractivity contribution in [1.82, 2.24) is 24.8 Å². The number of carbonyl (C=O) groups is 1. The normalized spacial score (nSPS) is 11.3. The van der Waals surface area contributed by atoms with Crippen LogP contribution in [0.4, 0.5) is 0 Å². The topological polar surface area (TPSA) is 85.8 Å². The molecule has 108 valence electrons. The molecule has 8 heteroatoms. The molecule has 0 aromatic carbocycles. The van der Waals surface area contributed by atoms with Crippen molar-refractivity contribution >= 4 is 17.6 Å². The summed E-state index contributed by atoms with van der Waals surface area (Å²) in [5, 5.41) is 21.6. The van der Waals surface area contributed by atoms with Gasteiger partial charge in [0.25, 0.3) is 0 Å². The Labute approximate surface area is 121 Å². The second-order valence-electron chi connectivity index (χ2n) is 4.91. The van der Waals surface area contributed by atoms with E-state index in [1.165, 1.54) is 0 Å². The molecule has 0 aliphatic heterocycles. The average Bonchev–Trinajstić information content (AvgIpc) is 2.87. The highest BCUT2D eigenvalue weighted by molar-refractivity contribution is 6.31. The second-order valence-corrected chi connectivity index (χ2v) is 5.29. The molecule has 2 aromatic heterocycles. The number of hydrogen-bond acceptors (Lipinski definition) is 4. The van der Waals surface area contributed by atoms with Crippen LogP contribution >= 0.6 is 11.6 Å². The van der Waals surface area contributed by atoms with Crippen molar-refractivity contribution in [2.45, 2.75) is 33.2 Å². The summed E-state index contributed by atoms with van der Waals surface area (Å²) in [5.41, 5.74) is 2.06. The van der Waals surface area contributed by atoms with Gasteiger partial charge >= 0.3 is 5.97 Å². The van der Waals surface area contributed by atoms with Gasteiger partial charge in [0.2, 0.25) is 0 Å². The van der Waals surface area contributed by atoms with Crippen LogP contribution in [-0.4, -0.2) is 35.9 Å². The summed E-state index contributed by atoms with van der Waals surface area (Å²) in [6, 6.07) is 0. The van der Waals surface area contributed by atoms with Crippen molar-refractivity contribution in [2.24, 2.45) is 7.05 Å². The lowest BCUT2D eigenvalue weighted by Gasteiger charge is -2.10. The van der Waals surface area contributed by atoms with E-state index in [9.17, 15) is 4.79 Å². The largest absolute Gasteiger partial charge is 0.476 e. The molecule has 2 rings (SSSR count). The second kappa shape index (κ2) is 5.24. The van der Waals surface area contributed by atoms with Crippen molar-refractivity contribution in [3.63, 3.8) is 0 Å². The summed E-state index contributed by atoms with van der Waals surface area (Å²) in [4.78, 5) is 11.2. The van der Waals surface area contributed by atoms with Gasteiger partial charge in [0.05, 0.1) is 28.6 Å². The molecule has 1 N–H and O–H groups in total. The smallest absolute Gasteiger partial charge is 0.358 e. The maximum absolute atomic E-state index is 11.2. The first kappa shape index (κ1) is 14.5. The number of carboxylic acids is 1. The SMILES string of the molecule is Cc1nn(C)c(Cn2nnc(C(=O)O)c2C(C)C)c1Cl. The van der Waals surface area contributed by atoms with E-state index in [2.05, 4.69) is 15.4 Å². The molecule has 0 radical (unpaired) electrons. The molecule has 0 spiro atoms. The van der Waals surface area contributed by atoms with Crippen LogP contribution in [0.3, 0.4) is 0 Å². The molecular formula is C12H16ClN5O2. The number of aryl methyl sites for hydroxylation is 2. The molecule has 7 nitrogen and oxygen atoms in total. The average molecular weight is 298 g/mol. The summed E-state index contributed by atoms with van der Waals surface area (Å²) in [5.74, 6) is -1.09. The third-order valence-corrected chi connectivity index (χ3v) is 3.58. The highest BCUT2D eigenvalue weighted by atomic mass is 35.5. The Bertz CT molecular complexity index is 659. The number of carboxylic acid groups (broad SMARTS) is 1. The molecule has 0 atom stereocenters. The first-order chi connectivity index (χ1) is 9.32. The standard InChI is InChI=1S/C12H16ClN5O2/c1-6(2)11-10(12(19)20)14-16-18(11)5-8-9(13)7(3)15-17(8)4/h6H,5H2,1-4H3,(H,19,20). The Hall–Kier alpha value is -1.89. The van der Waals surface area contributed by atoms with Crippen molar-refractivity contribution in [2.75, 3.05) is 0 Å². The number of rotatable bonds is 4. The maximum Gasteiger partial charge on any atom is 0.358 e. The molecule has 2 heterocycles. The van der Waals surface area contributed by atoms with Crippen LogP contribution in [0.15, 0.2) is 0 Å². The van der Waals surface area contributed by atoms with Crippen LogP contribution in [0.2, 0.25) is 5.02 Å². The fourth-order valence-electron chi connectivity index (χ4n) is 2.15. The fraction of sp³-hybridized carbons (Fsp3) is 0.500. The molecule has 20 heavy (non-hydrogen) atoms. The fourth-order valence-corrected chi connectivity index (χ4v) is 2.37. The van der Waals surface area contributed by atoms with E-state index in [4.69, 9.17) is 16.7 Å². The third-order valence-electron chi connectivity index (χ3n) is 3.08. The Kier molecular flexibility index (Phi) is 3.80. The van der Waals surface area contributed by atoms with Crippen LogP contribution in [0.1, 0.15) is 47.3 Å². The van der Waals surface area contributed by atoms with Gasteiger partial charge in [0.1, 0.15) is 0 Å².